The summed E-state index contributed by atoms with van der Waals surface area (Å²) < 4.78 is 14.9. The van der Waals surface area contributed by atoms with Gasteiger partial charge in [-0.1, -0.05) is 11.8 Å². The van der Waals surface area contributed by atoms with E-state index in [-0.39, 0.29) is 5.37 Å². The number of aldehydes is 1. The van der Waals surface area contributed by atoms with Crippen molar-refractivity contribution in [2.45, 2.75) is 31.1 Å². The number of anilines is 3. The molecular formula is C22H27FN6OS. The summed E-state index contributed by atoms with van der Waals surface area (Å²) in [4.78, 5) is 24.6. The lowest BCUT2D eigenvalue weighted by molar-refractivity contribution is -0.104. The average molecular weight is 443 g/mol. The van der Waals surface area contributed by atoms with Crippen molar-refractivity contribution in [1.82, 2.24) is 15.3 Å². The topological polar surface area (TPSA) is 87.4 Å². The number of nitrogen functional groups attached to an aromatic ring is 1. The monoisotopic (exact) mass is 442 g/mol. The zero-order chi connectivity index (χ0) is 21.8. The molecule has 9 heteroatoms. The minimum absolute atomic E-state index is 0.361. The van der Waals surface area contributed by atoms with Gasteiger partial charge in [0.1, 0.15) is 17.0 Å². The summed E-state index contributed by atoms with van der Waals surface area (Å²) in [6, 6.07) is 7.36. The van der Waals surface area contributed by atoms with Crippen LogP contribution in [0.25, 0.3) is 0 Å². The molecule has 164 valence electrons. The fraction of sp³-hybridized carbons (Fsp3) is 0.409. The molecule has 2 aromatic rings. The lowest BCUT2D eigenvalue weighted by Gasteiger charge is -2.28. The molecule has 7 nitrogen and oxygen atoms in total. The predicted molar refractivity (Wildman–Crippen MR) is 123 cm³/mol. The van der Waals surface area contributed by atoms with Gasteiger partial charge in [-0.05, 0) is 37.5 Å². The van der Waals surface area contributed by atoms with Crippen LogP contribution in [0.5, 0.6) is 0 Å². The van der Waals surface area contributed by atoms with Crippen molar-refractivity contribution in [3.8, 4) is 0 Å². The van der Waals surface area contributed by atoms with Gasteiger partial charge < -0.3 is 20.9 Å². The van der Waals surface area contributed by atoms with Crippen LogP contribution in [0.15, 0.2) is 41.1 Å². The second-order valence-electron chi connectivity index (χ2n) is 7.81. The van der Waals surface area contributed by atoms with E-state index in [1.165, 1.54) is 18.2 Å². The predicted octanol–water partition coefficient (Wildman–Crippen LogP) is 3.46. The molecule has 2 aromatic heterocycles. The maximum Gasteiger partial charge on any atom is 0.220 e. The standard InChI is InChI=1S/C22H27FN6OS/c1-28(15-7-9-25-19(24)13-15)12-8-17-18(14-30)31-22(26-17)16-5-6-20(27-21(16)23)29-10-3-2-4-11-29/h5-7,9,13-14,22,26H,2-4,8,10-12H2,1H3,(H2,24,25). The van der Waals surface area contributed by atoms with Gasteiger partial charge in [0.15, 0.2) is 6.29 Å². The van der Waals surface area contributed by atoms with Crippen LogP contribution in [0.3, 0.4) is 0 Å². The summed E-state index contributed by atoms with van der Waals surface area (Å²) in [6.07, 6.45) is 6.57. The number of hydrogen-bond donors (Lipinski definition) is 2. The lowest BCUT2D eigenvalue weighted by atomic mass is 10.1. The molecule has 0 radical (unpaired) electrons. The van der Waals surface area contributed by atoms with Crippen molar-refractivity contribution < 1.29 is 9.18 Å². The normalized spacial score (nSPS) is 18.8. The molecule has 2 aliphatic heterocycles. The molecule has 31 heavy (non-hydrogen) atoms. The highest BCUT2D eigenvalue weighted by molar-refractivity contribution is 8.04. The minimum Gasteiger partial charge on any atom is -0.384 e. The molecule has 4 heterocycles. The first-order chi connectivity index (χ1) is 15.0. The molecule has 0 aromatic carbocycles. The van der Waals surface area contributed by atoms with Crippen molar-refractivity contribution in [1.29, 1.82) is 0 Å². The van der Waals surface area contributed by atoms with Crippen LogP contribution in [-0.2, 0) is 4.79 Å². The Labute approximate surface area is 185 Å². The number of nitrogens with two attached hydrogens (primary N) is 1. The molecule has 0 amide bonds. The molecule has 0 bridgehead atoms. The van der Waals surface area contributed by atoms with Crippen LogP contribution >= 0.6 is 11.8 Å². The number of thioether (sulfide) groups is 1. The Morgan fingerprint density at radius 3 is 2.84 bits per heavy atom. The maximum absolute atomic E-state index is 14.9. The van der Waals surface area contributed by atoms with Crippen LogP contribution in [0.2, 0.25) is 0 Å². The van der Waals surface area contributed by atoms with E-state index in [0.29, 0.717) is 35.1 Å². The van der Waals surface area contributed by atoms with Crippen molar-refractivity contribution >= 4 is 35.4 Å². The van der Waals surface area contributed by atoms with Gasteiger partial charge in [-0.25, -0.2) is 9.97 Å². The fourth-order valence-electron chi connectivity index (χ4n) is 3.91. The number of halogens is 1. The Kier molecular flexibility index (Phi) is 6.60. The molecular weight excluding hydrogens is 415 g/mol. The van der Waals surface area contributed by atoms with Crippen LogP contribution in [0, 0.1) is 5.95 Å². The highest BCUT2D eigenvalue weighted by Crippen LogP contribution is 2.41. The molecule has 4 rings (SSSR count). The van der Waals surface area contributed by atoms with Crippen LogP contribution in [-0.4, -0.2) is 42.9 Å². The van der Waals surface area contributed by atoms with E-state index in [9.17, 15) is 9.18 Å². The number of allylic oxidation sites excluding steroid dienone is 1. The number of rotatable bonds is 7. The number of aromatic nitrogens is 2. The van der Waals surface area contributed by atoms with Crippen LogP contribution < -0.4 is 20.9 Å². The third-order valence-corrected chi connectivity index (χ3v) is 6.89. The molecule has 1 fully saturated rings. The maximum atomic E-state index is 14.9. The molecule has 0 saturated carbocycles. The number of hydrogen-bond acceptors (Lipinski definition) is 8. The molecule has 2 aliphatic rings. The van der Waals surface area contributed by atoms with E-state index < -0.39 is 5.95 Å². The van der Waals surface area contributed by atoms with Gasteiger partial charge in [0.2, 0.25) is 5.95 Å². The molecule has 3 N–H and O–H groups in total. The number of piperidine rings is 1. The molecule has 1 atom stereocenters. The SMILES string of the molecule is CN(CCC1=C(C=O)SC(c2ccc(N3CCCCC3)nc2F)N1)c1ccnc(N)c1. The van der Waals surface area contributed by atoms with Gasteiger partial charge in [-0.15, -0.1) is 0 Å². The van der Waals surface area contributed by atoms with Crippen LogP contribution in [0.4, 0.5) is 21.7 Å². The van der Waals surface area contributed by atoms with Gasteiger partial charge in [-0.3, -0.25) is 4.79 Å². The Morgan fingerprint density at radius 2 is 2.13 bits per heavy atom. The quantitative estimate of drug-likeness (QED) is 0.498. The van der Waals surface area contributed by atoms with Gasteiger partial charge in [0.05, 0.1) is 4.91 Å². The lowest BCUT2D eigenvalue weighted by Crippen LogP contribution is -2.30. The van der Waals surface area contributed by atoms with Crippen LogP contribution in [0.1, 0.15) is 36.6 Å². The van der Waals surface area contributed by atoms with Gasteiger partial charge in [0, 0.05) is 62.3 Å². The average Bonchev–Trinajstić information content (AvgIpc) is 3.21. The van der Waals surface area contributed by atoms with E-state index in [2.05, 4.69) is 20.2 Å². The van der Waals surface area contributed by atoms with E-state index in [1.54, 1.807) is 18.3 Å². The highest BCUT2D eigenvalue weighted by Gasteiger charge is 2.28. The zero-order valence-electron chi connectivity index (χ0n) is 17.6. The first kappa shape index (κ1) is 21.4. The van der Waals surface area contributed by atoms with Gasteiger partial charge >= 0.3 is 0 Å². The smallest absolute Gasteiger partial charge is 0.220 e. The molecule has 0 aliphatic carbocycles. The summed E-state index contributed by atoms with van der Waals surface area (Å²) in [5.41, 5.74) is 8.00. The Bertz CT molecular complexity index is 978. The number of carbonyl (C=O) groups excluding carboxylic acids is 1. The number of nitrogens with zero attached hydrogens (tertiary/aromatic N) is 4. The van der Waals surface area contributed by atoms with Crippen molar-refractivity contribution in [2.75, 3.05) is 42.2 Å². The van der Waals surface area contributed by atoms with Crippen molar-refractivity contribution in [2.24, 2.45) is 0 Å². The number of carbonyl (C=O) groups is 1. The first-order valence-electron chi connectivity index (χ1n) is 10.5. The Hall–Kier alpha value is -2.81. The summed E-state index contributed by atoms with van der Waals surface area (Å²) >= 11 is 1.34. The summed E-state index contributed by atoms with van der Waals surface area (Å²) in [5.74, 6) is 0.665. The first-order valence-corrected chi connectivity index (χ1v) is 11.4. The largest absolute Gasteiger partial charge is 0.384 e. The molecule has 1 saturated heterocycles. The number of pyridine rings is 2. The van der Waals surface area contributed by atoms with Gasteiger partial charge in [0.25, 0.3) is 0 Å². The second-order valence-corrected chi connectivity index (χ2v) is 8.96. The van der Waals surface area contributed by atoms with E-state index in [1.807, 2.05) is 24.1 Å². The van der Waals surface area contributed by atoms with E-state index in [4.69, 9.17) is 5.73 Å². The zero-order valence-corrected chi connectivity index (χ0v) is 18.4. The van der Waals surface area contributed by atoms with Crippen molar-refractivity contribution in [3.05, 3.63) is 52.6 Å². The third kappa shape index (κ3) is 4.92. The van der Waals surface area contributed by atoms with E-state index >= 15 is 0 Å². The summed E-state index contributed by atoms with van der Waals surface area (Å²) in [7, 11) is 1.96. The summed E-state index contributed by atoms with van der Waals surface area (Å²) in [5, 5.41) is 2.96. The Morgan fingerprint density at radius 1 is 1.32 bits per heavy atom. The summed E-state index contributed by atoms with van der Waals surface area (Å²) in [6.45, 7) is 2.50. The Balaban J connectivity index is 1.41. The molecule has 0 spiro atoms. The highest BCUT2D eigenvalue weighted by atomic mass is 32.2. The third-order valence-electron chi connectivity index (χ3n) is 5.68. The van der Waals surface area contributed by atoms with Gasteiger partial charge in [-0.2, -0.15) is 4.39 Å². The minimum atomic E-state index is -0.482. The fourth-order valence-corrected chi connectivity index (χ4v) is 5.02. The van der Waals surface area contributed by atoms with E-state index in [0.717, 1.165) is 43.6 Å². The second kappa shape index (κ2) is 9.55. The molecule has 1 unspecified atom stereocenters. The number of nitrogens with one attached hydrogen (secondary N) is 1. The van der Waals surface area contributed by atoms with Crippen molar-refractivity contribution in [3.63, 3.8) is 0 Å².